The van der Waals surface area contributed by atoms with Crippen LogP contribution in [0.3, 0.4) is 0 Å². The van der Waals surface area contributed by atoms with Gasteiger partial charge in [0.15, 0.2) is 0 Å². The quantitative estimate of drug-likeness (QED) is 0.780. The summed E-state index contributed by atoms with van der Waals surface area (Å²) in [6, 6.07) is 3.05. The lowest BCUT2D eigenvalue weighted by Gasteiger charge is -2.27. The third-order valence-corrected chi connectivity index (χ3v) is 3.50. The largest absolute Gasteiger partial charge is 0.328 e. The van der Waals surface area contributed by atoms with Crippen molar-refractivity contribution >= 4 is 0 Å². The summed E-state index contributed by atoms with van der Waals surface area (Å²) in [5.74, 6) is -0.788. The average Bonchev–Trinajstić information content (AvgIpc) is 2.27. The highest BCUT2D eigenvalue weighted by molar-refractivity contribution is 5.30. The smallest absolute Gasteiger partial charge is 0.132 e. The summed E-state index contributed by atoms with van der Waals surface area (Å²) in [6.07, 6.45) is 3.30. The van der Waals surface area contributed by atoms with Gasteiger partial charge in [-0.3, -0.25) is 0 Å². The summed E-state index contributed by atoms with van der Waals surface area (Å²) in [5, 5.41) is 0. The summed E-state index contributed by atoms with van der Waals surface area (Å²) < 4.78 is 27.5. The summed E-state index contributed by atoms with van der Waals surface area (Å²) in [6.45, 7) is 1.67. The van der Waals surface area contributed by atoms with Crippen LogP contribution in [0.2, 0.25) is 0 Å². The molecule has 1 fully saturated rings. The fourth-order valence-electron chi connectivity index (χ4n) is 2.46. The molecule has 1 nitrogen and oxygen atoms in total. The molecule has 0 amide bonds. The molecule has 3 heteroatoms. The van der Waals surface area contributed by atoms with Gasteiger partial charge in [-0.2, -0.15) is 0 Å². The molecule has 1 aromatic carbocycles. The molecular formula is C13H17F2N. The lowest BCUT2D eigenvalue weighted by atomic mass is 9.81. The van der Waals surface area contributed by atoms with Crippen LogP contribution in [0.25, 0.3) is 0 Å². The van der Waals surface area contributed by atoms with E-state index in [0.29, 0.717) is 5.56 Å². The Hall–Kier alpha value is -0.960. The second kappa shape index (κ2) is 4.50. The standard InChI is InChI=1S/C13H17F2N/c1-8-2-7-11(14)12(13(8)15)9-3-5-10(16)6-4-9/h2,7,9-10H,3-6,16H2,1H3. The van der Waals surface area contributed by atoms with Crippen molar-refractivity contribution in [2.75, 3.05) is 0 Å². The van der Waals surface area contributed by atoms with E-state index >= 15 is 0 Å². The molecular weight excluding hydrogens is 208 g/mol. The molecule has 1 saturated carbocycles. The Morgan fingerprint density at radius 3 is 2.38 bits per heavy atom. The molecule has 2 rings (SSSR count). The molecule has 0 spiro atoms. The highest BCUT2D eigenvalue weighted by Crippen LogP contribution is 2.35. The highest BCUT2D eigenvalue weighted by Gasteiger charge is 2.25. The first-order valence-corrected chi connectivity index (χ1v) is 5.79. The first kappa shape index (κ1) is 11.5. The lowest BCUT2D eigenvalue weighted by Crippen LogP contribution is -2.26. The molecule has 0 unspecified atom stereocenters. The minimum atomic E-state index is -0.413. The fraction of sp³-hybridized carbons (Fsp3) is 0.538. The van der Waals surface area contributed by atoms with Crippen LogP contribution < -0.4 is 5.73 Å². The molecule has 0 bridgehead atoms. The topological polar surface area (TPSA) is 26.0 Å². The third-order valence-electron chi connectivity index (χ3n) is 3.50. The van der Waals surface area contributed by atoms with Crippen LogP contribution in [0.1, 0.15) is 42.7 Å². The van der Waals surface area contributed by atoms with Crippen molar-refractivity contribution in [3.8, 4) is 0 Å². The van der Waals surface area contributed by atoms with Gasteiger partial charge in [-0.15, -0.1) is 0 Å². The van der Waals surface area contributed by atoms with E-state index in [1.165, 1.54) is 12.1 Å². The highest BCUT2D eigenvalue weighted by atomic mass is 19.1. The van der Waals surface area contributed by atoms with Crippen LogP contribution in [0.5, 0.6) is 0 Å². The normalized spacial score (nSPS) is 25.8. The van der Waals surface area contributed by atoms with Crippen molar-refractivity contribution in [2.24, 2.45) is 5.73 Å². The number of benzene rings is 1. The number of hydrogen-bond acceptors (Lipinski definition) is 1. The molecule has 16 heavy (non-hydrogen) atoms. The summed E-state index contributed by atoms with van der Waals surface area (Å²) >= 11 is 0. The number of aryl methyl sites for hydroxylation is 1. The van der Waals surface area contributed by atoms with Gasteiger partial charge in [-0.1, -0.05) is 6.07 Å². The van der Waals surface area contributed by atoms with E-state index < -0.39 is 5.82 Å². The van der Waals surface area contributed by atoms with Crippen molar-refractivity contribution < 1.29 is 8.78 Å². The van der Waals surface area contributed by atoms with Crippen molar-refractivity contribution in [1.29, 1.82) is 0 Å². The number of nitrogens with two attached hydrogens (primary N) is 1. The van der Waals surface area contributed by atoms with Crippen LogP contribution >= 0.6 is 0 Å². The van der Waals surface area contributed by atoms with Crippen molar-refractivity contribution in [2.45, 2.75) is 44.6 Å². The molecule has 1 aliphatic rings. The SMILES string of the molecule is Cc1ccc(F)c(C2CCC(N)CC2)c1F. The fourth-order valence-corrected chi connectivity index (χ4v) is 2.46. The first-order chi connectivity index (χ1) is 7.59. The Balaban J connectivity index is 2.29. The maximum Gasteiger partial charge on any atom is 0.132 e. The van der Waals surface area contributed by atoms with Crippen LogP contribution in [0, 0.1) is 18.6 Å². The van der Waals surface area contributed by atoms with E-state index in [-0.39, 0.29) is 23.3 Å². The van der Waals surface area contributed by atoms with Crippen molar-refractivity contribution in [3.63, 3.8) is 0 Å². The third kappa shape index (κ3) is 2.09. The van der Waals surface area contributed by atoms with E-state index in [1.54, 1.807) is 6.92 Å². The zero-order chi connectivity index (χ0) is 11.7. The Morgan fingerprint density at radius 1 is 1.12 bits per heavy atom. The van der Waals surface area contributed by atoms with Gasteiger partial charge in [-0.25, -0.2) is 8.78 Å². The van der Waals surface area contributed by atoms with Gasteiger partial charge >= 0.3 is 0 Å². The van der Waals surface area contributed by atoms with Crippen molar-refractivity contribution in [1.82, 2.24) is 0 Å². The molecule has 0 radical (unpaired) electrons. The van der Waals surface area contributed by atoms with Crippen LogP contribution in [0.15, 0.2) is 12.1 Å². The summed E-state index contributed by atoms with van der Waals surface area (Å²) in [4.78, 5) is 0. The van der Waals surface area contributed by atoms with Crippen molar-refractivity contribution in [3.05, 3.63) is 34.9 Å². The van der Waals surface area contributed by atoms with Gasteiger partial charge in [0, 0.05) is 11.6 Å². The monoisotopic (exact) mass is 225 g/mol. The first-order valence-electron chi connectivity index (χ1n) is 5.79. The zero-order valence-electron chi connectivity index (χ0n) is 9.47. The van der Waals surface area contributed by atoms with E-state index in [9.17, 15) is 8.78 Å². The van der Waals surface area contributed by atoms with E-state index in [4.69, 9.17) is 5.73 Å². The molecule has 0 aliphatic heterocycles. The molecule has 88 valence electrons. The maximum atomic E-state index is 13.9. The second-order valence-electron chi connectivity index (χ2n) is 4.70. The van der Waals surface area contributed by atoms with Gasteiger partial charge in [-0.05, 0) is 50.2 Å². The minimum absolute atomic E-state index is 0.000278. The summed E-state index contributed by atoms with van der Waals surface area (Å²) in [5.41, 5.74) is 6.58. The molecule has 0 atom stereocenters. The Labute approximate surface area is 94.7 Å². The molecule has 1 aromatic rings. The number of halogens is 2. The number of hydrogen-bond donors (Lipinski definition) is 1. The Kier molecular flexibility index (Phi) is 3.24. The van der Waals surface area contributed by atoms with E-state index in [1.807, 2.05) is 0 Å². The second-order valence-corrected chi connectivity index (χ2v) is 4.70. The zero-order valence-corrected chi connectivity index (χ0v) is 9.47. The Morgan fingerprint density at radius 2 is 1.75 bits per heavy atom. The van der Waals surface area contributed by atoms with E-state index in [0.717, 1.165) is 25.7 Å². The predicted octanol–water partition coefficient (Wildman–Crippen LogP) is 3.26. The van der Waals surface area contributed by atoms with Crippen LogP contribution in [-0.4, -0.2) is 6.04 Å². The molecule has 0 heterocycles. The van der Waals surface area contributed by atoms with Crippen LogP contribution in [-0.2, 0) is 0 Å². The maximum absolute atomic E-state index is 13.9. The van der Waals surface area contributed by atoms with E-state index in [2.05, 4.69) is 0 Å². The average molecular weight is 225 g/mol. The van der Waals surface area contributed by atoms with Crippen LogP contribution in [0.4, 0.5) is 8.78 Å². The number of rotatable bonds is 1. The predicted molar refractivity (Wildman–Crippen MR) is 60.3 cm³/mol. The van der Waals surface area contributed by atoms with Gasteiger partial charge < -0.3 is 5.73 Å². The van der Waals surface area contributed by atoms with Gasteiger partial charge in [0.2, 0.25) is 0 Å². The Bertz CT molecular complexity index is 382. The summed E-state index contributed by atoms with van der Waals surface area (Å²) in [7, 11) is 0. The van der Waals surface area contributed by atoms with Gasteiger partial charge in [0.1, 0.15) is 11.6 Å². The van der Waals surface area contributed by atoms with Gasteiger partial charge in [0.05, 0.1) is 0 Å². The lowest BCUT2D eigenvalue weighted by molar-refractivity contribution is 0.375. The minimum Gasteiger partial charge on any atom is -0.328 e. The molecule has 0 saturated heterocycles. The molecule has 2 N–H and O–H groups in total. The van der Waals surface area contributed by atoms with Gasteiger partial charge in [0.25, 0.3) is 0 Å². The molecule has 1 aliphatic carbocycles. The molecule has 0 aromatic heterocycles.